The second-order valence-corrected chi connectivity index (χ2v) is 8.86. The van der Waals surface area contributed by atoms with Gasteiger partial charge in [-0.25, -0.2) is 4.98 Å². The molecule has 0 saturated carbocycles. The van der Waals surface area contributed by atoms with Gasteiger partial charge < -0.3 is 15.0 Å². The molecule has 5 nitrogen and oxygen atoms in total. The maximum Gasteiger partial charge on any atom is 0.389 e. The third-order valence-corrected chi connectivity index (χ3v) is 5.62. The van der Waals surface area contributed by atoms with Crippen molar-refractivity contribution in [3.05, 3.63) is 23.7 Å². The van der Waals surface area contributed by atoms with Gasteiger partial charge in [0.25, 0.3) is 0 Å². The van der Waals surface area contributed by atoms with Crippen LogP contribution in [0.4, 0.5) is 13.2 Å². The Hall–Kier alpha value is -1.67. The van der Waals surface area contributed by atoms with Gasteiger partial charge >= 0.3 is 6.18 Å². The van der Waals surface area contributed by atoms with Gasteiger partial charge in [0.2, 0.25) is 0 Å². The molecule has 1 aliphatic rings. The van der Waals surface area contributed by atoms with Crippen molar-refractivity contribution in [3.63, 3.8) is 0 Å². The predicted octanol–water partition coefficient (Wildman–Crippen LogP) is 4.01. The van der Waals surface area contributed by atoms with Crippen LogP contribution in [0.25, 0.3) is 11.2 Å². The quantitative estimate of drug-likeness (QED) is 0.820. The molecule has 0 aromatic carbocycles. The van der Waals surface area contributed by atoms with Crippen LogP contribution in [0, 0.1) is 5.92 Å². The number of aliphatic hydroxyl groups is 1. The maximum atomic E-state index is 12.9. The highest BCUT2D eigenvalue weighted by Crippen LogP contribution is 2.35. The summed E-state index contributed by atoms with van der Waals surface area (Å²) in [7, 11) is 1.96. The first-order chi connectivity index (χ1) is 13.0. The van der Waals surface area contributed by atoms with Crippen LogP contribution in [-0.4, -0.2) is 38.5 Å². The third kappa shape index (κ3) is 4.49. The number of aromatic nitrogens is 3. The van der Waals surface area contributed by atoms with Crippen molar-refractivity contribution < 1.29 is 18.3 Å². The highest BCUT2D eigenvalue weighted by molar-refractivity contribution is 5.73. The van der Waals surface area contributed by atoms with Gasteiger partial charge in [-0.3, -0.25) is 4.98 Å². The molecular formula is C20H29F3N4O. The SMILES string of the molecule is Cn1c(C(C)(C)C)cc2ncc([C@H]3CCC[C@@H](CC(F)(F)F)[C@H](CO)N3)nc21. The molecule has 1 aliphatic heterocycles. The fourth-order valence-electron chi connectivity index (χ4n) is 4.22. The largest absolute Gasteiger partial charge is 0.395 e. The minimum atomic E-state index is -4.23. The first-order valence-electron chi connectivity index (χ1n) is 9.76. The minimum absolute atomic E-state index is 0.0509. The lowest BCUT2D eigenvalue weighted by Crippen LogP contribution is -2.41. The molecule has 8 heteroatoms. The van der Waals surface area contributed by atoms with E-state index in [1.807, 2.05) is 17.7 Å². The van der Waals surface area contributed by atoms with E-state index in [4.69, 9.17) is 4.98 Å². The van der Waals surface area contributed by atoms with Gasteiger partial charge in [0.1, 0.15) is 5.52 Å². The maximum absolute atomic E-state index is 12.9. The van der Waals surface area contributed by atoms with Crippen LogP contribution in [0.5, 0.6) is 0 Å². The molecule has 0 spiro atoms. The molecule has 1 fully saturated rings. The van der Waals surface area contributed by atoms with Crippen LogP contribution >= 0.6 is 0 Å². The lowest BCUT2D eigenvalue weighted by molar-refractivity contribution is -0.147. The summed E-state index contributed by atoms with van der Waals surface area (Å²) in [5.41, 5.74) is 3.34. The molecule has 0 amide bonds. The number of hydrogen-bond donors (Lipinski definition) is 2. The number of nitrogens with one attached hydrogen (secondary N) is 1. The Bertz CT molecular complexity index is 825. The lowest BCUT2D eigenvalue weighted by atomic mass is 9.92. The van der Waals surface area contributed by atoms with E-state index in [1.165, 1.54) is 0 Å². The Labute approximate surface area is 163 Å². The smallest absolute Gasteiger partial charge is 0.389 e. The number of rotatable bonds is 3. The zero-order chi connectivity index (χ0) is 20.7. The van der Waals surface area contributed by atoms with Crippen molar-refractivity contribution in [2.45, 2.75) is 70.1 Å². The first kappa shape index (κ1) is 21.0. The Morgan fingerprint density at radius 3 is 2.57 bits per heavy atom. The van der Waals surface area contributed by atoms with Crippen LogP contribution in [0.15, 0.2) is 12.3 Å². The van der Waals surface area contributed by atoms with Crippen molar-refractivity contribution in [1.82, 2.24) is 19.9 Å². The normalized spacial score (nSPS) is 24.5. The summed E-state index contributed by atoms with van der Waals surface area (Å²) in [6.45, 7) is 6.05. The number of aliphatic hydroxyl groups excluding tert-OH is 1. The molecule has 0 unspecified atom stereocenters. The van der Waals surface area contributed by atoms with E-state index in [0.29, 0.717) is 25.0 Å². The van der Waals surface area contributed by atoms with E-state index in [-0.39, 0.29) is 18.1 Å². The van der Waals surface area contributed by atoms with E-state index in [9.17, 15) is 18.3 Å². The Morgan fingerprint density at radius 1 is 1.25 bits per heavy atom. The first-order valence-corrected chi connectivity index (χ1v) is 9.76. The number of fused-ring (bicyclic) bond motifs is 1. The second kappa shape index (κ2) is 7.63. The van der Waals surface area contributed by atoms with Gasteiger partial charge in [-0.05, 0) is 24.8 Å². The molecular weight excluding hydrogens is 369 g/mol. The highest BCUT2D eigenvalue weighted by atomic mass is 19.4. The number of hydrogen-bond acceptors (Lipinski definition) is 4. The number of alkyl halides is 3. The molecule has 3 heterocycles. The summed E-state index contributed by atoms with van der Waals surface area (Å²) in [5, 5.41) is 12.9. The zero-order valence-corrected chi connectivity index (χ0v) is 16.8. The summed E-state index contributed by atoms with van der Waals surface area (Å²) >= 11 is 0. The van der Waals surface area contributed by atoms with Crippen molar-refractivity contribution in [3.8, 4) is 0 Å². The molecule has 2 aromatic rings. The van der Waals surface area contributed by atoms with Gasteiger partial charge in [0.15, 0.2) is 5.65 Å². The summed E-state index contributed by atoms with van der Waals surface area (Å²) < 4.78 is 40.7. The molecule has 156 valence electrons. The fraction of sp³-hybridized carbons (Fsp3) is 0.700. The predicted molar refractivity (Wildman–Crippen MR) is 102 cm³/mol. The van der Waals surface area contributed by atoms with E-state index in [1.54, 1.807) is 6.20 Å². The monoisotopic (exact) mass is 398 g/mol. The van der Waals surface area contributed by atoms with Crippen LogP contribution in [0.2, 0.25) is 0 Å². The van der Waals surface area contributed by atoms with Gasteiger partial charge in [0.05, 0.1) is 24.5 Å². The van der Waals surface area contributed by atoms with Crippen molar-refractivity contribution in [1.29, 1.82) is 0 Å². The fourth-order valence-corrected chi connectivity index (χ4v) is 4.22. The molecule has 1 saturated heterocycles. The Kier molecular flexibility index (Phi) is 5.74. The van der Waals surface area contributed by atoms with Crippen molar-refractivity contribution in [2.24, 2.45) is 13.0 Å². The molecule has 3 rings (SSSR count). The second-order valence-electron chi connectivity index (χ2n) is 8.86. The minimum Gasteiger partial charge on any atom is -0.395 e. The van der Waals surface area contributed by atoms with E-state index >= 15 is 0 Å². The van der Waals surface area contributed by atoms with E-state index in [2.05, 4.69) is 31.1 Å². The van der Waals surface area contributed by atoms with Crippen LogP contribution < -0.4 is 5.32 Å². The molecule has 3 atom stereocenters. The van der Waals surface area contributed by atoms with Gasteiger partial charge in [0, 0.05) is 30.6 Å². The third-order valence-electron chi connectivity index (χ3n) is 5.62. The van der Waals surface area contributed by atoms with Crippen LogP contribution in [-0.2, 0) is 12.5 Å². The summed E-state index contributed by atoms with van der Waals surface area (Å²) in [4.78, 5) is 9.32. The van der Waals surface area contributed by atoms with Crippen LogP contribution in [0.1, 0.15) is 63.9 Å². The molecule has 0 radical (unpaired) electrons. The standard InChI is InChI=1S/C20H29F3N4O/c1-19(2,3)17-8-14-18(27(17)4)26-15(10-24-14)13-7-5-6-12(9-20(21,22)23)16(11-28)25-13/h8,10,12-13,16,25,28H,5-7,9,11H2,1-4H3/t12-,13+,16-/m0/s1. The average Bonchev–Trinajstić information content (AvgIpc) is 2.79. The highest BCUT2D eigenvalue weighted by Gasteiger charge is 2.37. The summed E-state index contributed by atoms with van der Waals surface area (Å²) in [6, 6.07) is 1.20. The molecule has 2 N–H and O–H groups in total. The topological polar surface area (TPSA) is 63.0 Å². The number of nitrogens with zero attached hydrogens (tertiary/aromatic N) is 3. The molecule has 28 heavy (non-hydrogen) atoms. The van der Waals surface area contributed by atoms with Gasteiger partial charge in [-0.1, -0.05) is 27.2 Å². The van der Waals surface area contributed by atoms with Crippen LogP contribution in [0.3, 0.4) is 0 Å². The van der Waals surface area contributed by atoms with E-state index in [0.717, 1.165) is 16.9 Å². The van der Waals surface area contributed by atoms with Crippen molar-refractivity contribution in [2.75, 3.05) is 6.61 Å². The molecule has 0 aliphatic carbocycles. The lowest BCUT2D eigenvalue weighted by Gasteiger charge is -2.27. The molecule has 2 aromatic heterocycles. The summed E-state index contributed by atoms with van der Waals surface area (Å²) in [6.07, 6.45) is -1.66. The molecule has 0 bridgehead atoms. The summed E-state index contributed by atoms with van der Waals surface area (Å²) in [5.74, 6) is -0.630. The van der Waals surface area contributed by atoms with Gasteiger partial charge in [-0.2, -0.15) is 13.2 Å². The Balaban J connectivity index is 1.88. The van der Waals surface area contributed by atoms with Gasteiger partial charge in [-0.15, -0.1) is 0 Å². The van der Waals surface area contributed by atoms with Crippen molar-refractivity contribution >= 4 is 11.2 Å². The zero-order valence-electron chi connectivity index (χ0n) is 16.8. The Morgan fingerprint density at radius 2 is 1.96 bits per heavy atom. The number of halogens is 3. The average molecular weight is 398 g/mol. The number of aryl methyl sites for hydroxylation is 1. The van der Waals surface area contributed by atoms with E-state index < -0.39 is 24.6 Å².